The SMILES string of the molecule is c1ccc(-c2cccc(N(c3cccc(-c4ccccc4)c3)c3ccc4c(c3)oc3c5c6c(cc34)Oc3ccccc3B6c3ccccc3O5)c2)cc1. The highest BCUT2D eigenvalue weighted by atomic mass is 16.5. The summed E-state index contributed by atoms with van der Waals surface area (Å²) in [5, 5.41) is 1.96. The second-order valence-corrected chi connectivity index (χ2v) is 13.7. The predicted octanol–water partition coefficient (Wildman–Crippen LogP) is 11.1. The Labute approximate surface area is 307 Å². The normalized spacial score (nSPS) is 12.4. The monoisotopic (exact) mass is 679 g/mol. The lowest BCUT2D eigenvalue weighted by atomic mass is 9.35. The highest BCUT2D eigenvalue weighted by molar-refractivity contribution is 6.98. The highest BCUT2D eigenvalue weighted by Crippen LogP contribution is 2.45. The van der Waals surface area contributed by atoms with Crippen molar-refractivity contribution in [2.45, 2.75) is 0 Å². The molecule has 0 saturated heterocycles. The van der Waals surface area contributed by atoms with Crippen LogP contribution < -0.4 is 30.8 Å². The number of para-hydroxylation sites is 2. The summed E-state index contributed by atoms with van der Waals surface area (Å²) in [7, 11) is 0. The third-order valence-electron chi connectivity index (χ3n) is 10.6. The lowest BCUT2D eigenvalue weighted by molar-refractivity contribution is 0.462. The second kappa shape index (κ2) is 11.8. The van der Waals surface area contributed by atoms with Crippen LogP contribution in [0.5, 0.6) is 23.0 Å². The molecule has 0 fully saturated rings. The minimum absolute atomic E-state index is 0.0210. The number of benzene rings is 8. The molecule has 0 atom stereocenters. The van der Waals surface area contributed by atoms with Crippen LogP contribution in [0, 0.1) is 0 Å². The lowest BCUT2D eigenvalue weighted by Gasteiger charge is -2.32. The van der Waals surface area contributed by atoms with Gasteiger partial charge < -0.3 is 18.8 Å². The molecular formula is C48H30BNO3. The van der Waals surface area contributed by atoms with Crippen molar-refractivity contribution in [1.29, 1.82) is 0 Å². The van der Waals surface area contributed by atoms with E-state index in [4.69, 9.17) is 13.9 Å². The van der Waals surface area contributed by atoms with Crippen molar-refractivity contribution in [3.8, 4) is 45.3 Å². The van der Waals surface area contributed by atoms with Crippen LogP contribution in [0.3, 0.4) is 0 Å². The fourth-order valence-corrected chi connectivity index (χ4v) is 8.15. The van der Waals surface area contributed by atoms with E-state index in [2.05, 4.69) is 163 Å². The van der Waals surface area contributed by atoms with E-state index >= 15 is 0 Å². The predicted molar refractivity (Wildman–Crippen MR) is 217 cm³/mol. The average molecular weight is 680 g/mol. The van der Waals surface area contributed by atoms with Crippen LogP contribution in [0.25, 0.3) is 44.2 Å². The molecule has 1 aromatic heterocycles. The summed E-state index contributed by atoms with van der Waals surface area (Å²) in [5.41, 5.74) is 12.5. The van der Waals surface area contributed by atoms with Crippen molar-refractivity contribution in [3.05, 3.63) is 182 Å². The van der Waals surface area contributed by atoms with Crippen LogP contribution in [0.2, 0.25) is 0 Å². The molecule has 8 aromatic carbocycles. The fourth-order valence-electron chi connectivity index (χ4n) is 8.15. The standard InChI is InChI=1S/C48H30BNO3/c1-3-13-31(14-4-1)33-17-11-19-35(27-33)50(36-20-12-18-34(28-36)32-15-5-2-6-16-32)37-25-26-38-39-30-45-46-48(47(39)53-44(38)29-37)52-43-24-10-8-22-41(43)49(46)40-21-7-9-23-42(40)51-45/h1-30H. The molecular weight excluding hydrogens is 649 g/mol. The maximum Gasteiger partial charge on any atom is 0.260 e. The topological polar surface area (TPSA) is 34.8 Å². The number of furan rings is 1. The van der Waals surface area contributed by atoms with E-state index in [9.17, 15) is 0 Å². The zero-order valence-corrected chi connectivity index (χ0v) is 28.6. The van der Waals surface area contributed by atoms with Crippen LogP contribution in [0.1, 0.15) is 0 Å². The molecule has 0 saturated carbocycles. The molecule has 2 aliphatic heterocycles. The van der Waals surface area contributed by atoms with E-state index in [0.29, 0.717) is 0 Å². The minimum Gasteiger partial charge on any atom is -0.458 e. The minimum atomic E-state index is -0.0210. The van der Waals surface area contributed by atoms with Crippen LogP contribution >= 0.6 is 0 Å². The quantitative estimate of drug-likeness (QED) is 0.170. The largest absolute Gasteiger partial charge is 0.458 e. The van der Waals surface area contributed by atoms with Gasteiger partial charge in [-0.25, -0.2) is 0 Å². The molecule has 0 unspecified atom stereocenters. The number of anilines is 3. The number of hydrogen-bond acceptors (Lipinski definition) is 4. The van der Waals surface area contributed by atoms with E-state index in [1.165, 1.54) is 11.1 Å². The summed E-state index contributed by atoms with van der Waals surface area (Å²) in [5.74, 6) is 3.23. The van der Waals surface area contributed by atoms with Crippen LogP contribution in [0.15, 0.2) is 186 Å². The molecule has 0 spiro atoms. The van der Waals surface area contributed by atoms with Crippen LogP contribution in [0.4, 0.5) is 17.1 Å². The van der Waals surface area contributed by atoms with E-state index in [1.807, 2.05) is 24.3 Å². The van der Waals surface area contributed by atoms with Crippen LogP contribution in [-0.2, 0) is 0 Å². The van der Waals surface area contributed by atoms with Crippen LogP contribution in [-0.4, -0.2) is 6.71 Å². The van der Waals surface area contributed by atoms with Crippen molar-refractivity contribution >= 4 is 62.1 Å². The Morgan fingerprint density at radius 1 is 0.396 bits per heavy atom. The number of rotatable bonds is 5. The smallest absolute Gasteiger partial charge is 0.260 e. The fraction of sp³-hybridized carbons (Fsp3) is 0. The van der Waals surface area contributed by atoms with Crippen molar-refractivity contribution in [2.75, 3.05) is 4.90 Å². The van der Waals surface area contributed by atoms with E-state index in [1.54, 1.807) is 0 Å². The lowest BCUT2D eigenvalue weighted by Crippen LogP contribution is -2.57. The number of nitrogens with zero attached hydrogens (tertiary/aromatic N) is 1. The van der Waals surface area contributed by atoms with E-state index in [0.717, 1.165) is 89.5 Å². The molecule has 0 bridgehead atoms. The third-order valence-corrected chi connectivity index (χ3v) is 10.6. The Morgan fingerprint density at radius 2 is 0.943 bits per heavy atom. The summed E-state index contributed by atoms with van der Waals surface area (Å²) < 4.78 is 20.2. The average Bonchev–Trinajstić information content (AvgIpc) is 3.59. The summed E-state index contributed by atoms with van der Waals surface area (Å²) in [6, 6.07) is 63.7. The molecule has 53 heavy (non-hydrogen) atoms. The first kappa shape index (κ1) is 29.7. The summed E-state index contributed by atoms with van der Waals surface area (Å²) in [6.45, 7) is -0.0210. The molecule has 0 N–H and O–H groups in total. The first-order valence-corrected chi connectivity index (χ1v) is 17.9. The zero-order valence-electron chi connectivity index (χ0n) is 28.6. The molecule has 5 heteroatoms. The maximum absolute atomic E-state index is 6.87. The molecule has 248 valence electrons. The number of fused-ring (bicyclic) bond motifs is 8. The van der Waals surface area contributed by atoms with Gasteiger partial charge in [0.2, 0.25) is 0 Å². The number of ether oxygens (including phenoxy) is 2. The Bertz CT molecular complexity index is 2770. The van der Waals surface area contributed by atoms with Gasteiger partial charge in [0, 0.05) is 39.4 Å². The van der Waals surface area contributed by atoms with Crippen molar-refractivity contribution in [2.24, 2.45) is 0 Å². The van der Waals surface area contributed by atoms with Crippen molar-refractivity contribution in [1.82, 2.24) is 0 Å². The van der Waals surface area contributed by atoms with Gasteiger partial charge in [0.15, 0.2) is 11.3 Å². The van der Waals surface area contributed by atoms with Gasteiger partial charge in [-0.3, -0.25) is 0 Å². The molecule has 9 aromatic rings. The zero-order chi connectivity index (χ0) is 34.9. The summed E-state index contributed by atoms with van der Waals surface area (Å²) in [6.07, 6.45) is 0. The Morgan fingerprint density at radius 3 is 1.58 bits per heavy atom. The molecule has 3 heterocycles. The van der Waals surface area contributed by atoms with Crippen molar-refractivity contribution in [3.63, 3.8) is 0 Å². The van der Waals surface area contributed by atoms with Gasteiger partial charge in [0.05, 0.1) is 0 Å². The molecule has 2 aliphatic rings. The van der Waals surface area contributed by atoms with E-state index in [-0.39, 0.29) is 6.71 Å². The third kappa shape index (κ3) is 4.78. The van der Waals surface area contributed by atoms with Gasteiger partial charge in [-0.1, -0.05) is 121 Å². The summed E-state index contributed by atoms with van der Waals surface area (Å²) in [4.78, 5) is 2.31. The van der Waals surface area contributed by atoms with Gasteiger partial charge in [0.25, 0.3) is 6.71 Å². The van der Waals surface area contributed by atoms with Gasteiger partial charge in [-0.05, 0) is 87.8 Å². The Kier molecular flexibility index (Phi) is 6.61. The first-order valence-electron chi connectivity index (χ1n) is 17.9. The van der Waals surface area contributed by atoms with Gasteiger partial charge in [-0.15, -0.1) is 0 Å². The van der Waals surface area contributed by atoms with Gasteiger partial charge >= 0.3 is 0 Å². The van der Waals surface area contributed by atoms with Gasteiger partial charge in [0.1, 0.15) is 22.8 Å². The highest BCUT2D eigenvalue weighted by Gasteiger charge is 2.41. The molecule has 0 aliphatic carbocycles. The maximum atomic E-state index is 6.87. The van der Waals surface area contributed by atoms with Gasteiger partial charge in [-0.2, -0.15) is 0 Å². The molecule has 0 amide bonds. The summed E-state index contributed by atoms with van der Waals surface area (Å²) >= 11 is 0. The second-order valence-electron chi connectivity index (χ2n) is 13.7. The molecule has 0 radical (unpaired) electrons. The molecule has 4 nitrogen and oxygen atoms in total. The Hall–Kier alpha value is -6.98. The van der Waals surface area contributed by atoms with Crippen molar-refractivity contribution < 1.29 is 13.9 Å². The van der Waals surface area contributed by atoms with E-state index < -0.39 is 0 Å². The molecule has 11 rings (SSSR count). The first-order chi connectivity index (χ1) is 26.3. The Balaban J connectivity index is 1.10. The number of hydrogen-bond donors (Lipinski definition) is 0.